The molecule has 6 heterocycles. The highest BCUT2D eigenvalue weighted by atomic mass is 16.7. The van der Waals surface area contributed by atoms with Gasteiger partial charge in [-0.1, -0.05) is 108 Å². The fraction of sp³-hybridized carbons (Fsp3) is 0.276. The van der Waals surface area contributed by atoms with E-state index in [9.17, 15) is 9.90 Å². The highest BCUT2D eigenvalue weighted by Crippen LogP contribution is 2.66. The smallest absolute Gasteiger partial charge is 0.421 e. The van der Waals surface area contributed by atoms with Crippen molar-refractivity contribution in [1.29, 1.82) is 0 Å². The molecule has 0 aliphatic carbocycles. The molecule has 1 aromatic heterocycles. The van der Waals surface area contributed by atoms with Crippen molar-refractivity contribution in [3.63, 3.8) is 0 Å². The Morgan fingerprint density at radius 3 is 2.28 bits per heavy atom. The number of esters is 1. The molecule has 17 heteroatoms. The number of imide groups is 1. The lowest BCUT2D eigenvalue weighted by Crippen LogP contribution is -2.59. The number of methoxy groups -OCH3 is 1. The van der Waals surface area contributed by atoms with Gasteiger partial charge in [0.2, 0.25) is 18.6 Å². The number of carbonyl (C=O) groups excluding carboxylic acids is 4. The van der Waals surface area contributed by atoms with Crippen molar-refractivity contribution < 1.29 is 48.0 Å². The van der Waals surface area contributed by atoms with Crippen LogP contribution in [0.15, 0.2) is 146 Å². The maximum atomic E-state index is 16.6. The van der Waals surface area contributed by atoms with Crippen molar-refractivity contribution in [2.24, 2.45) is 5.92 Å². The molecule has 6 unspecified atom stereocenters. The molecule has 0 saturated carbocycles. The Balaban J connectivity index is 1.04. The number of phenolic OH excluding ortho intramolecular Hbond substituents is 1. The first-order valence-corrected chi connectivity index (χ1v) is 24.9. The minimum atomic E-state index is -2.03. The van der Waals surface area contributed by atoms with Crippen molar-refractivity contribution in [2.45, 2.75) is 42.7 Å². The summed E-state index contributed by atoms with van der Waals surface area (Å²) in [6.45, 7) is 2.30. The van der Waals surface area contributed by atoms with Gasteiger partial charge >= 0.3 is 12.1 Å². The topological polar surface area (TPSA) is 178 Å². The fourth-order valence-corrected chi connectivity index (χ4v) is 11.7. The highest BCUT2D eigenvalue weighted by Gasteiger charge is 2.76. The van der Waals surface area contributed by atoms with Gasteiger partial charge < -0.3 is 33.7 Å². The van der Waals surface area contributed by atoms with Gasteiger partial charge in [-0.3, -0.25) is 24.2 Å². The summed E-state index contributed by atoms with van der Waals surface area (Å²) in [6, 6.07) is 40.7. The molecule has 17 nitrogen and oxygen atoms in total. The van der Waals surface area contributed by atoms with Crippen molar-refractivity contribution in [3.8, 4) is 29.1 Å². The monoisotopic (exact) mass is 1010 g/mol. The van der Waals surface area contributed by atoms with Crippen LogP contribution in [0, 0.1) is 17.8 Å². The molecule has 6 atom stereocenters. The maximum Gasteiger partial charge on any atom is 0.421 e. The van der Waals surface area contributed by atoms with Crippen LogP contribution in [0.5, 0.6) is 17.2 Å². The molecule has 3 amide bonds. The summed E-state index contributed by atoms with van der Waals surface area (Å²) >= 11 is 0. The second-order valence-electron chi connectivity index (χ2n) is 19.2. The van der Waals surface area contributed by atoms with Gasteiger partial charge in [-0.25, -0.2) is 14.4 Å². The van der Waals surface area contributed by atoms with Gasteiger partial charge in [0.05, 0.1) is 35.8 Å². The Hall–Kier alpha value is -8.56. The molecular weight excluding hydrogens is 955 g/mol. The number of para-hydroxylation sites is 1. The molecule has 5 aliphatic rings. The van der Waals surface area contributed by atoms with E-state index in [4.69, 9.17) is 23.7 Å². The molecule has 75 heavy (non-hydrogen) atoms. The van der Waals surface area contributed by atoms with E-state index < -0.39 is 59.4 Å². The van der Waals surface area contributed by atoms with Gasteiger partial charge in [0.1, 0.15) is 42.0 Å². The van der Waals surface area contributed by atoms with E-state index in [0.717, 1.165) is 27.1 Å². The average molecular weight is 1010 g/mol. The summed E-state index contributed by atoms with van der Waals surface area (Å²) < 4.78 is 30.6. The molecular formula is C58H51N7O10. The number of morpholine rings is 1. The minimum Gasteiger partial charge on any atom is -0.508 e. The van der Waals surface area contributed by atoms with Crippen LogP contribution in [0.3, 0.4) is 0 Å². The second-order valence-corrected chi connectivity index (χ2v) is 19.2. The summed E-state index contributed by atoms with van der Waals surface area (Å²) in [7, 11) is 1.47. The first kappa shape index (κ1) is 47.4. The Kier molecular flexibility index (Phi) is 12.5. The van der Waals surface area contributed by atoms with Crippen LogP contribution < -0.4 is 14.4 Å². The van der Waals surface area contributed by atoms with Crippen LogP contribution in [0.25, 0.3) is 11.0 Å². The van der Waals surface area contributed by atoms with Crippen LogP contribution in [0.4, 0.5) is 10.5 Å². The number of hydrogen-bond acceptors (Lipinski definition) is 14. The number of anilines is 1. The molecule has 3 saturated heterocycles. The number of hydrogen-bond donors (Lipinski definition) is 1. The molecule has 0 bridgehead atoms. The number of piperazine rings is 1. The third-order valence-electron chi connectivity index (χ3n) is 15.0. The SMILES string of the molecule is COCCOC(=O)N1C(=O)C2(c3cc(C#CCn4nnc5ccccc54)ccc31)C(C(=O)N1CCN(Cc3ccc4c(c3)OCO4)CC1)C1C(=O)OC(c3ccccc3)C(c3ccccc3)N1C2c1ccc(O)cc1. The van der Waals surface area contributed by atoms with E-state index in [0.29, 0.717) is 53.4 Å². The Morgan fingerprint density at radius 2 is 1.51 bits per heavy atom. The number of aromatic hydroxyl groups is 1. The van der Waals surface area contributed by atoms with Gasteiger partial charge in [-0.05, 0) is 82.4 Å². The molecule has 1 spiro atoms. The largest absolute Gasteiger partial charge is 0.508 e. The zero-order valence-electron chi connectivity index (χ0n) is 40.9. The first-order chi connectivity index (χ1) is 36.7. The minimum absolute atomic E-state index is 0.0346. The Bertz CT molecular complexity index is 3390. The molecule has 3 fully saturated rings. The summed E-state index contributed by atoms with van der Waals surface area (Å²) in [4.78, 5) is 70.2. The first-order valence-electron chi connectivity index (χ1n) is 24.9. The second kappa shape index (κ2) is 19.7. The molecule has 378 valence electrons. The van der Waals surface area contributed by atoms with E-state index in [-0.39, 0.29) is 51.1 Å². The van der Waals surface area contributed by atoms with Gasteiger partial charge in [0.25, 0.3) is 0 Å². The van der Waals surface area contributed by atoms with E-state index >= 15 is 14.4 Å². The Labute approximate surface area is 431 Å². The maximum absolute atomic E-state index is 16.6. The van der Waals surface area contributed by atoms with Gasteiger partial charge in [-0.15, -0.1) is 5.10 Å². The van der Waals surface area contributed by atoms with Crippen LogP contribution in [-0.2, 0) is 47.1 Å². The lowest BCUT2D eigenvalue weighted by atomic mass is 9.65. The molecule has 6 aromatic carbocycles. The van der Waals surface area contributed by atoms with Crippen LogP contribution >= 0.6 is 0 Å². The van der Waals surface area contributed by atoms with Crippen molar-refractivity contribution in [2.75, 3.05) is 58.2 Å². The number of amides is 3. The molecule has 5 aliphatic heterocycles. The predicted molar refractivity (Wildman–Crippen MR) is 272 cm³/mol. The standard InChI is InChI=1S/C58H51N7O10/c1-71-31-32-72-57(70)64-45-24-18-37(11-10-26-63-46-17-9-8-16-44(46)59-60-63)33-43(45)58(56(64)69)49(54(67)62-29-27-61(28-30-62)35-38-19-25-47-48(34-38)74-36-73-47)51-55(68)75-52(40-14-6-3-7-15-40)50(39-12-4-2-5-13-39)65(51)53(58)41-20-22-42(66)23-21-41/h2-9,12-25,33-34,49-53,66H,26-32,35-36H2,1H3. The fourth-order valence-electron chi connectivity index (χ4n) is 11.7. The van der Waals surface area contributed by atoms with Crippen LogP contribution in [0.1, 0.15) is 51.6 Å². The van der Waals surface area contributed by atoms with Gasteiger partial charge in [-0.2, -0.15) is 0 Å². The zero-order valence-corrected chi connectivity index (χ0v) is 40.9. The third-order valence-corrected chi connectivity index (χ3v) is 15.0. The van der Waals surface area contributed by atoms with E-state index in [1.165, 1.54) is 19.2 Å². The quantitative estimate of drug-likeness (QED) is 0.0869. The average Bonchev–Trinajstić information content (AvgIpc) is 4.32. The van der Waals surface area contributed by atoms with Crippen LogP contribution in [-0.4, -0.2) is 118 Å². The number of benzene rings is 6. The Morgan fingerprint density at radius 1 is 0.773 bits per heavy atom. The van der Waals surface area contributed by atoms with Crippen molar-refractivity contribution in [1.82, 2.24) is 29.7 Å². The number of rotatable bonds is 10. The summed E-state index contributed by atoms with van der Waals surface area (Å²) in [5, 5.41) is 19.4. The summed E-state index contributed by atoms with van der Waals surface area (Å²) in [5.41, 5.74) is 3.42. The summed E-state index contributed by atoms with van der Waals surface area (Å²) in [6.07, 6.45) is -1.90. The lowest BCUT2D eigenvalue weighted by Gasteiger charge is -2.46. The number of nitrogens with zero attached hydrogens (tertiary/aromatic N) is 7. The van der Waals surface area contributed by atoms with Crippen molar-refractivity contribution >= 4 is 40.6 Å². The van der Waals surface area contributed by atoms with Crippen LogP contribution in [0.2, 0.25) is 0 Å². The van der Waals surface area contributed by atoms with Gasteiger partial charge in [0.15, 0.2) is 11.5 Å². The van der Waals surface area contributed by atoms with E-state index in [2.05, 4.69) is 27.1 Å². The van der Waals surface area contributed by atoms with E-state index in [1.54, 1.807) is 39.9 Å². The number of fused-ring (bicyclic) bond motifs is 5. The number of ether oxygens (including phenoxy) is 5. The highest BCUT2D eigenvalue weighted by molar-refractivity contribution is 6.23. The number of aromatic nitrogens is 3. The van der Waals surface area contributed by atoms with E-state index in [1.807, 2.05) is 108 Å². The third kappa shape index (κ3) is 8.27. The number of carbonyl (C=O) groups is 4. The molecule has 0 radical (unpaired) electrons. The zero-order chi connectivity index (χ0) is 51.2. The lowest BCUT2D eigenvalue weighted by molar-refractivity contribution is -0.179. The predicted octanol–water partition coefficient (Wildman–Crippen LogP) is 6.71. The molecule has 12 rings (SSSR count). The number of phenols is 1. The molecule has 7 aromatic rings. The normalized spacial score (nSPS) is 22.9. The van der Waals surface area contributed by atoms with Gasteiger partial charge in [0, 0.05) is 45.4 Å². The molecule has 1 N–H and O–H groups in total. The number of cyclic esters (lactones) is 1. The summed E-state index contributed by atoms with van der Waals surface area (Å²) in [5.74, 6) is 4.42. The van der Waals surface area contributed by atoms with Crippen molar-refractivity contribution in [3.05, 3.63) is 179 Å².